The van der Waals surface area contributed by atoms with Crippen LogP contribution in [0.5, 0.6) is 5.75 Å². The highest BCUT2D eigenvalue weighted by atomic mass is 16.5. The first-order chi connectivity index (χ1) is 8.79. The molecule has 0 saturated heterocycles. The third-order valence-corrected chi connectivity index (χ3v) is 3.55. The number of hydrogen-bond donors (Lipinski definition) is 1. The van der Waals surface area contributed by atoms with E-state index in [1.165, 1.54) is 43.2 Å². The predicted octanol–water partition coefficient (Wildman–Crippen LogP) is 3.82. The van der Waals surface area contributed by atoms with Gasteiger partial charge in [-0.1, -0.05) is 24.6 Å². The lowest BCUT2D eigenvalue weighted by atomic mass is 10.1. The molecule has 1 aromatic carbocycles. The average Bonchev–Trinajstić information content (AvgIpc) is 2.86. The summed E-state index contributed by atoms with van der Waals surface area (Å²) in [6.07, 6.45) is 6.69. The quantitative estimate of drug-likeness (QED) is 0.772. The highest BCUT2D eigenvalue weighted by molar-refractivity contribution is 5.37. The summed E-state index contributed by atoms with van der Waals surface area (Å²) < 4.78 is 6.15. The zero-order valence-corrected chi connectivity index (χ0v) is 11.7. The van der Waals surface area contributed by atoms with E-state index in [1.54, 1.807) is 0 Å². The summed E-state index contributed by atoms with van der Waals surface area (Å²) in [6.45, 7) is 6.32. The van der Waals surface area contributed by atoms with Crippen LogP contribution in [0.25, 0.3) is 0 Å². The second-order valence-electron chi connectivity index (χ2n) is 5.31. The summed E-state index contributed by atoms with van der Waals surface area (Å²) >= 11 is 0. The van der Waals surface area contributed by atoms with Crippen molar-refractivity contribution in [3.05, 3.63) is 29.3 Å². The largest absolute Gasteiger partial charge is 0.490 e. The Hall–Kier alpha value is -1.02. The van der Waals surface area contributed by atoms with Gasteiger partial charge in [-0.25, -0.2) is 0 Å². The molecule has 2 rings (SSSR count). The van der Waals surface area contributed by atoms with Crippen molar-refractivity contribution in [1.29, 1.82) is 0 Å². The lowest BCUT2D eigenvalue weighted by Gasteiger charge is -2.17. The van der Waals surface area contributed by atoms with E-state index in [0.29, 0.717) is 6.10 Å². The van der Waals surface area contributed by atoms with E-state index in [4.69, 9.17) is 4.74 Å². The van der Waals surface area contributed by atoms with E-state index in [1.807, 2.05) is 0 Å². The molecule has 1 saturated carbocycles. The van der Waals surface area contributed by atoms with Crippen LogP contribution in [0.4, 0.5) is 0 Å². The van der Waals surface area contributed by atoms with Crippen molar-refractivity contribution in [3.63, 3.8) is 0 Å². The van der Waals surface area contributed by atoms with Gasteiger partial charge in [0, 0.05) is 12.1 Å². The van der Waals surface area contributed by atoms with E-state index in [-0.39, 0.29) is 0 Å². The van der Waals surface area contributed by atoms with Gasteiger partial charge in [-0.3, -0.25) is 0 Å². The molecule has 0 amide bonds. The van der Waals surface area contributed by atoms with Crippen molar-refractivity contribution in [2.24, 2.45) is 0 Å². The Labute approximate surface area is 111 Å². The number of nitrogens with one attached hydrogen (secondary N) is 1. The van der Waals surface area contributed by atoms with Crippen LogP contribution in [0.3, 0.4) is 0 Å². The van der Waals surface area contributed by atoms with Crippen molar-refractivity contribution < 1.29 is 4.74 Å². The Morgan fingerprint density at radius 3 is 2.78 bits per heavy atom. The minimum Gasteiger partial charge on any atom is -0.490 e. The standard InChI is InChI=1S/C16H25NO/c1-3-10-17-12-14-11-13(2)8-9-16(14)18-15-6-4-5-7-15/h8-9,11,15,17H,3-7,10,12H2,1-2H3. The fourth-order valence-electron chi connectivity index (χ4n) is 2.55. The van der Waals surface area contributed by atoms with Crippen LogP contribution in [0.2, 0.25) is 0 Å². The molecule has 1 aromatic rings. The SMILES string of the molecule is CCCNCc1cc(C)ccc1OC1CCCC1. The molecular weight excluding hydrogens is 222 g/mol. The maximum Gasteiger partial charge on any atom is 0.124 e. The fourth-order valence-corrected chi connectivity index (χ4v) is 2.55. The number of aryl methyl sites for hydroxylation is 1. The molecular formula is C16H25NO. The summed E-state index contributed by atoms with van der Waals surface area (Å²) in [6, 6.07) is 6.52. The van der Waals surface area contributed by atoms with Crippen molar-refractivity contribution >= 4 is 0 Å². The van der Waals surface area contributed by atoms with E-state index >= 15 is 0 Å². The monoisotopic (exact) mass is 247 g/mol. The van der Waals surface area contributed by atoms with Crippen LogP contribution >= 0.6 is 0 Å². The molecule has 0 spiro atoms. The van der Waals surface area contributed by atoms with E-state index in [2.05, 4.69) is 37.4 Å². The molecule has 100 valence electrons. The zero-order valence-electron chi connectivity index (χ0n) is 11.7. The molecule has 1 N–H and O–H groups in total. The van der Waals surface area contributed by atoms with Gasteiger partial charge in [-0.15, -0.1) is 0 Å². The molecule has 18 heavy (non-hydrogen) atoms. The van der Waals surface area contributed by atoms with E-state index in [0.717, 1.165) is 18.8 Å². The molecule has 2 heteroatoms. The Kier molecular flexibility index (Phi) is 5.06. The first-order valence-corrected chi connectivity index (χ1v) is 7.26. The minimum atomic E-state index is 0.442. The van der Waals surface area contributed by atoms with Gasteiger partial charge in [0.25, 0.3) is 0 Å². The molecule has 0 unspecified atom stereocenters. The molecule has 1 aliphatic carbocycles. The van der Waals surface area contributed by atoms with Crippen LogP contribution in [-0.4, -0.2) is 12.6 Å². The average molecular weight is 247 g/mol. The highest BCUT2D eigenvalue weighted by Gasteiger charge is 2.17. The molecule has 0 aromatic heterocycles. The van der Waals surface area contributed by atoms with Crippen molar-refractivity contribution in [2.45, 2.75) is 58.6 Å². The summed E-state index contributed by atoms with van der Waals surface area (Å²) in [4.78, 5) is 0. The first-order valence-electron chi connectivity index (χ1n) is 7.26. The lowest BCUT2D eigenvalue weighted by Crippen LogP contribution is -2.17. The lowest BCUT2D eigenvalue weighted by molar-refractivity contribution is 0.207. The summed E-state index contributed by atoms with van der Waals surface area (Å²) in [5.74, 6) is 1.08. The van der Waals surface area contributed by atoms with Crippen LogP contribution in [0.1, 0.15) is 50.2 Å². The van der Waals surface area contributed by atoms with Gasteiger partial charge in [-0.05, 0) is 51.6 Å². The second kappa shape index (κ2) is 6.79. The Bertz CT molecular complexity index is 369. The van der Waals surface area contributed by atoms with Crippen molar-refractivity contribution in [3.8, 4) is 5.75 Å². The smallest absolute Gasteiger partial charge is 0.124 e. The summed E-state index contributed by atoms with van der Waals surface area (Å²) in [5.41, 5.74) is 2.61. The molecule has 1 fully saturated rings. The van der Waals surface area contributed by atoms with Crippen LogP contribution in [0, 0.1) is 6.92 Å². The summed E-state index contributed by atoms with van der Waals surface area (Å²) in [5, 5.41) is 3.46. The Balaban J connectivity index is 2.02. The maximum absolute atomic E-state index is 6.15. The van der Waals surface area contributed by atoms with Gasteiger partial charge in [0.15, 0.2) is 0 Å². The Morgan fingerprint density at radius 1 is 1.28 bits per heavy atom. The Morgan fingerprint density at radius 2 is 2.06 bits per heavy atom. The molecule has 0 heterocycles. The molecule has 2 nitrogen and oxygen atoms in total. The highest BCUT2D eigenvalue weighted by Crippen LogP contribution is 2.27. The van der Waals surface area contributed by atoms with Gasteiger partial charge in [0.2, 0.25) is 0 Å². The summed E-state index contributed by atoms with van der Waals surface area (Å²) in [7, 11) is 0. The molecule has 0 atom stereocenters. The number of rotatable bonds is 6. The van der Waals surface area contributed by atoms with Gasteiger partial charge >= 0.3 is 0 Å². The van der Waals surface area contributed by atoms with E-state index < -0.39 is 0 Å². The van der Waals surface area contributed by atoms with Crippen LogP contribution in [-0.2, 0) is 6.54 Å². The first kappa shape index (κ1) is 13.4. The van der Waals surface area contributed by atoms with Gasteiger partial charge < -0.3 is 10.1 Å². The normalized spacial score (nSPS) is 16.1. The second-order valence-corrected chi connectivity index (χ2v) is 5.31. The van der Waals surface area contributed by atoms with Gasteiger partial charge in [-0.2, -0.15) is 0 Å². The number of benzene rings is 1. The van der Waals surface area contributed by atoms with Crippen molar-refractivity contribution in [1.82, 2.24) is 5.32 Å². The van der Waals surface area contributed by atoms with E-state index in [9.17, 15) is 0 Å². The fraction of sp³-hybridized carbons (Fsp3) is 0.625. The predicted molar refractivity (Wildman–Crippen MR) is 76.1 cm³/mol. The molecule has 0 radical (unpaired) electrons. The number of hydrogen-bond acceptors (Lipinski definition) is 2. The van der Waals surface area contributed by atoms with Gasteiger partial charge in [0.05, 0.1) is 6.10 Å². The van der Waals surface area contributed by atoms with Crippen molar-refractivity contribution in [2.75, 3.05) is 6.54 Å². The maximum atomic E-state index is 6.15. The van der Waals surface area contributed by atoms with Crippen LogP contribution < -0.4 is 10.1 Å². The topological polar surface area (TPSA) is 21.3 Å². The van der Waals surface area contributed by atoms with Gasteiger partial charge in [0.1, 0.15) is 5.75 Å². The number of ether oxygens (including phenoxy) is 1. The third-order valence-electron chi connectivity index (χ3n) is 3.55. The molecule has 0 aliphatic heterocycles. The third kappa shape index (κ3) is 3.74. The molecule has 1 aliphatic rings. The minimum absolute atomic E-state index is 0.442. The zero-order chi connectivity index (χ0) is 12.8. The molecule has 0 bridgehead atoms. The van der Waals surface area contributed by atoms with Crippen LogP contribution in [0.15, 0.2) is 18.2 Å².